The Balaban J connectivity index is 1.39. The molecule has 3 fully saturated rings. The van der Waals surface area contributed by atoms with Gasteiger partial charge in [-0.25, -0.2) is 0 Å². The van der Waals surface area contributed by atoms with Gasteiger partial charge < -0.3 is 19.7 Å². The van der Waals surface area contributed by atoms with Crippen LogP contribution in [-0.2, 0) is 14.3 Å². The minimum atomic E-state index is -0.372. The maximum absolute atomic E-state index is 12.0. The molecule has 0 unspecified atom stereocenters. The van der Waals surface area contributed by atoms with Crippen LogP contribution in [0.3, 0.4) is 0 Å². The monoisotopic (exact) mass is 254 g/mol. The smallest absolute Gasteiger partial charge is 0.223 e. The Bertz CT molecular complexity index is 301. The summed E-state index contributed by atoms with van der Waals surface area (Å²) in [6, 6.07) is 0.683. The van der Waals surface area contributed by atoms with Gasteiger partial charge in [-0.3, -0.25) is 4.79 Å². The van der Waals surface area contributed by atoms with Gasteiger partial charge in [0.2, 0.25) is 5.91 Å². The van der Waals surface area contributed by atoms with Crippen LogP contribution < -0.4 is 5.32 Å². The van der Waals surface area contributed by atoms with Crippen LogP contribution in [-0.4, -0.2) is 55.5 Å². The second-order valence-corrected chi connectivity index (χ2v) is 5.47. The van der Waals surface area contributed by atoms with Crippen LogP contribution in [0.15, 0.2) is 0 Å². The molecular weight excluding hydrogens is 232 g/mol. The zero-order chi connectivity index (χ0) is 12.4. The van der Waals surface area contributed by atoms with Crippen LogP contribution >= 0.6 is 0 Å². The third-order valence-corrected chi connectivity index (χ3v) is 4.04. The summed E-state index contributed by atoms with van der Waals surface area (Å²) in [4.78, 5) is 14.0. The van der Waals surface area contributed by atoms with Crippen molar-refractivity contribution in [2.45, 2.75) is 43.9 Å². The van der Waals surface area contributed by atoms with Crippen molar-refractivity contribution in [3.8, 4) is 0 Å². The van der Waals surface area contributed by atoms with Crippen molar-refractivity contribution >= 4 is 5.91 Å². The summed E-state index contributed by atoms with van der Waals surface area (Å²) in [5.74, 6) is -0.112. The average molecular weight is 254 g/mol. The van der Waals surface area contributed by atoms with Gasteiger partial charge in [-0.1, -0.05) is 0 Å². The number of hydrogen-bond acceptors (Lipinski definition) is 4. The Kier molecular flexibility index (Phi) is 3.54. The van der Waals surface area contributed by atoms with Gasteiger partial charge in [0, 0.05) is 44.9 Å². The highest BCUT2D eigenvalue weighted by Crippen LogP contribution is 2.31. The molecule has 18 heavy (non-hydrogen) atoms. The molecule has 5 heteroatoms. The van der Waals surface area contributed by atoms with E-state index in [1.165, 1.54) is 12.8 Å². The molecule has 0 bridgehead atoms. The summed E-state index contributed by atoms with van der Waals surface area (Å²) in [6.07, 6.45) is 4.79. The van der Waals surface area contributed by atoms with Crippen LogP contribution in [0.1, 0.15) is 32.1 Å². The van der Waals surface area contributed by atoms with Crippen molar-refractivity contribution in [3.63, 3.8) is 0 Å². The second-order valence-electron chi connectivity index (χ2n) is 5.47. The van der Waals surface area contributed by atoms with Crippen molar-refractivity contribution in [1.29, 1.82) is 0 Å². The molecule has 3 aliphatic rings. The molecule has 1 aliphatic carbocycles. The Labute approximate surface area is 108 Å². The Hall–Kier alpha value is -0.650. The lowest BCUT2D eigenvalue weighted by atomic mass is 10.0. The Morgan fingerprint density at radius 1 is 1.22 bits per heavy atom. The molecule has 1 amide bonds. The molecule has 0 aromatic carbocycles. The number of ether oxygens (including phenoxy) is 2. The van der Waals surface area contributed by atoms with Crippen LogP contribution in [0.4, 0.5) is 0 Å². The SMILES string of the molecule is O=C(CCNC1CC1)N1CCC2(CC1)OCCO2. The zero-order valence-corrected chi connectivity index (χ0v) is 10.8. The molecule has 2 saturated heterocycles. The quantitative estimate of drug-likeness (QED) is 0.793. The summed E-state index contributed by atoms with van der Waals surface area (Å²) in [7, 11) is 0. The first-order valence-electron chi connectivity index (χ1n) is 7.07. The summed E-state index contributed by atoms with van der Waals surface area (Å²) in [5.41, 5.74) is 0. The number of likely N-dealkylation sites (tertiary alicyclic amines) is 1. The van der Waals surface area contributed by atoms with Crippen LogP contribution in [0.25, 0.3) is 0 Å². The number of piperidine rings is 1. The molecule has 0 aromatic heterocycles. The normalized spacial score (nSPS) is 26.8. The summed E-state index contributed by atoms with van der Waals surface area (Å²) < 4.78 is 11.3. The predicted molar refractivity (Wildman–Crippen MR) is 66.1 cm³/mol. The van der Waals surface area contributed by atoms with Gasteiger partial charge in [0.15, 0.2) is 5.79 Å². The van der Waals surface area contributed by atoms with Crippen molar-refractivity contribution in [3.05, 3.63) is 0 Å². The number of carbonyl (C=O) groups is 1. The van der Waals surface area contributed by atoms with E-state index in [2.05, 4.69) is 5.32 Å². The van der Waals surface area contributed by atoms with Gasteiger partial charge in [-0.2, -0.15) is 0 Å². The van der Waals surface area contributed by atoms with Crippen LogP contribution in [0.2, 0.25) is 0 Å². The summed E-state index contributed by atoms with van der Waals surface area (Å²) in [6.45, 7) is 3.74. The molecule has 0 radical (unpaired) electrons. The van der Waals surface area contributed by atoms with E-state index in [0.717, 1.165) is 32.5 Å². The fraction of sp³-hybridized carbons (Fsp3) is 0.923. The fourth-order valence-electron chi connectivity index (χ4n) is 2.71. The highest BCUT2D eigenvalue weighted by molar-refractivity contribution is 5.76. The molecule has 3 rings (SSSR count). The molecule has 1 spiro atoms. The molecule has 0 aromatic rings. The predicted octanol–water partition coefficient (Wildman–Crippen LogP) is 0.494. The van der Waals surface area contributed by atoms with Crippen molar-refractivity contribution in [2.75, 3.05) is 32.8 Å². The van der Waals surface area contributed by atoms with Gasteiger partial charge >= 0.3 is 0 Å². The van der Waals surface area contributed by atoms with Crippen molar-refractivity contribution < 1.29 is 14.3 Å². The standard InChI is InChI=1S/C13H22N2O3/c16-12(3-6-14-11-1-2-11)15-7-4-13(5-8-15)17-9-10-18-13/h11,14H,1-10H2. The van der Waals surface area contributed by atoms with Gasteiger partial charge in [0.05, 0.1) is 13.2 Å². The van der Waals surface area contributed by atoms with E-state index >= 15 is 0 Å². The molecule has 2 heterocycles. The lowest BCUT2D eigenvalue weighted by Gasteiger charge is -2.37. The first kappa shape index (κ1) is 12.4. The zero-order valence-electron chi connectivity index (χ0n) is 10.8. The van der Waals surface area contributed by atoms with Gasteiger partial charge in [0.1, 0.15) is 0 Å². The lowest BCUT2D eigenvalue weighted by Crippen LogP contribution is -2.47. The number of amides is 1. The number of hydrogen-bond donors (Lipinski definition) is 1. The molecule has 2 aliphatic heterocycles. The van der Waals surface area contributed by atoms with E-state index < -0.39 is 0 Å². The van der Waals surface area contributed by atoms with Crippen molar-refractivity contribution in [1.82, 2.24) is 10.2 Å². The van der Waals surface area contributed by atoms with Crippen LogP contribution in [0.5, 0.6) is 0 Å². The summed E-state index contributed by atoms with van der Waals surface area (Å²) in [5, 5.41) is 3.38. The van der Waals surface area contributed by atoms with Gasteiger partial charge in [0.25, 0.3) is 0 Å². The third-order valence-electron chi connectivity index (χ3n) is 4.04. The number of nitrogens with zero attached hydrogens (tertiary/aromatic N) is 1. The lowest BCUT2D eigenvalue weighted by molar-refractivity contribution is -0.187. The molecule has 102 valence electrons. The molecular formula is C13H22N2O3. The summed E-state index contributed by atoms with van der Waals surface area (Å²) >= 11 is 0. The largest absolute Gasteiger partial charge is 0.347 e. The third kappa shape index (κ3) is 2.84. The maximum atomic E-state index is 12.0. The van der Waals surface area contributed by atoms with E-state index in [9.17, 15) is 4.79 Å². The minimum Gasteiger partial charge on any atom is -0.347 e. The van der Waals surface area contributed by atoms with Crippen molar-refractivity contribution in [2.24, 2.45) is 0 Å². The molecule has 5 nitrogen and oxygen atoms in total. The average Bonchev–Trinajstić information content (AvgIpc) is 3.10. The van der Waals surface area contributed by atoms with E-state index in [4.69, 9.17) is 9.47 Å². The molecule has 1 saturated carbocycles. The Morgan fingerprint density at radius 2 is 1.89 bits per heavy atom. The van der Waals surface area contributed by atoms with Gasteiger partial charge in [-0.05, 0) is 12.8 Å². The highest BCUT2D eigenvalue weighted by atomic mass is 16.7. The Morgan fingerprint density at radius 3 is 2.50 bits per heavy atom. The fourth-order valence-corrected chi connectivity index (χ4v) is 2.71. The second kappa shape index (κ2) is 5.15. The molecule has 1 N–H and O–H groups in total. The number of carbonyl (C=O) groups excluding carboxylic acids is 1. The number of rotatable bonds is 4. The van der Waals surface area contributed by atoms with E-state index in [0.29, 0.717) is 25.7 Å². The van der Waals surface area contributed by atoms with E-state index in [-0.39, 0.29) is 11.7 Å². The van der Waals surface area contributed by atoms with Crippen LogP contribution in [0, 0.1) is 0 Å². The first-order valence-corrected chi connectivity index (χ1v) is 7.07. The topological polar surface area (TPSA) is 50.8 Å². The minimum absolute atomic E-state index is 0.260. The molecule has 0 atom stereocenters. The number of nitrogens with one attached hydrogen (secondary N) is 1. The maximum Gasteiger partial charge on any atom is 0.223 e. The highest BCUT2D eigenvalue weighted by Gasteiger charge is 2.40. The first-order chi connectivity index (χ1) is 8.77. The van der Waals surface area contributed by atoms with Gasteiger partial charge in [-0.15, -0.1) is 0 Å². The van der Waals surface area contributed by atoms with E-state index in [1.807, 2.05) is 4.90 Å². The van der Waals surface area contributed by atoms with E-state index in [1.54, 1.807) is 0 Å².